The molecule has 0 unspecified atom stereocenters. The van der Waals surface area contributed by atoms with Crippen LogP contribution in [0.15, 0.2) is 42.5 Å². The first-order chi connectivity index (χ1) is 16.8. The summed E-state index contributed by atoms with van der Waals surface area (Å²) in [7, 11) is 0. The predicted molar refractivity (Wildman–Crippen MR) is 145 cm³/mol. The van der Waals surface area contributed by atoms with Crippen LogP contribution in [-0.4, -0.2) is 35.8 Å². The Labute approximate surface area is 219 Å². The summed E-state index contributed by atoms with van der Waals surface area (Å²) in [5.74, 6) is 0.329. The van der Waals surface area contributed by atoms with E-state index in [1.165, 1.54) is 0 Å². The number of carbonyl (C=O) groups excluding carboxylic acids is 2. The summed E-state index contributed by atoms with van der Waals surface area (Å²) in [6.45, 7) is 5.90. The van der Waals surface area contributed by atoms with Crippen LogP contribution in [0.4, 0.5) is 5.69 Å². The first kappa shape index (κ1) is 27.5. The van der Waals surface area contributed by atoms with E-state index in [4.69, 9.17) is 28.9 Å². The molecule has 0 fully saturated rings. The third-order valence-electron chi connectivity index (χ3n) is 6.41. The predicted octanol–water partition coefficient (Wildman–Crippen LogP) is 6.24. The number of rotatable bonds is 5. The fraction of sp³-hybridized carbons (Fsp3) is 0.500. The van der Waals surface area contributed by atoms with E-state index in [1.54, 1.807) is 12.1 Å². The standard InChI is InChI=1S/C28H37Cl2N3O2/c1-20(2)16-27(34)33-15-9-5-3-4-8-14-32(19-22-10-6-7-11-26(22)33)28(35)25(31)18-21-12-13-23(29)24(30)17-21/h6-7,10-13,17,20,25H,3-5,8-9,14-16,18-19,31H2,1-2H3/t25-/m1/s1. The maximum atomic E-state index is 13.5. The number of nitrogens with two attached hydrogens (primary N) is 1. The van der Waals surface area contributed by atoms with E-state index >= 15 is 0 Å². The van der Waals surface area contributed by atoms with Gasteiger partial charge in [0.25, 0.3) is 0 Å². The second-order valence-corrected chi connectivity index (χ2v) is 10.7. The second kappa shape index (κ2) is 13.3. The van der Waals surface area contributed by atoms with Crippen molar-refractivity contribution in [3.8, 4) is 0 Å². The SMILES string of the molecule is CC(C)CC(=O)N1CCCCCCCN(C(=O)[C@H](N)Cc2ccc(Cl)c(Cl)c2)Cc2ccccc21. The summed E-state index contributed by atoms with van der Waals surface area (Å²) in [6, 6.07) is 12.6. The lowest BCUT2D eigenvalue weighted by Crippen LogP contribution is -2.45. The van der Waals surface area contributed by atoms with E-state index in [9.17, 15) is 9.59 Å². The van der Waals surface area contributed by atoms with Gasteiger partial charge in [-0.05, 0) is 54.5 Å². The van der Waals surface area contributed by atoms with Crippen LogP contribution in [0.2, 0.25) is 10.0 Å². The molecule has 2 N–H and O–H groups in total. The Bertz CT molecular complexity index is 1010. The number of anilines is 1. The molecule has 1 heterocycles. The van der Waals surface area contributed by atoms with Crippen molar-refractivity contribution in [1.82, 2.24) is 4.90 Å². The van der Waals surface area contributed by atoms with Gasteiger partial charge in [0.05, 0.1) is 16.1 Å². The van der Waals surface area contributed by atoms with E-state index < -0.39 is 6.04 Å². The van der Waals surface area contributed by atoms with Crippen LogP contribution in [0.5, 0.6) is 0 Å². The molecule has 0 spiro atoms. The fourth-order valence-electron chi connectivity index (χ4n) is 4.56. The van der Waals surface area contributed by atoms with E-state index in [1.807, 2.05) is 40.1 Å². The Morgan fingerprint density at radius 2 is 1.63 bits per heavy atom. The summed E-state index contributed by atoms with van der Waals surface area (Å²) in [4.78, 5) is 30.5. The number of nitrogens with zero attached hydrogens (tertiary/aromatic N) is 2. The Balaban J connectivity index is 1.85. The molecule has 2 amide bonds. The van der Waals surface area contributed by atoms with E-state index in [-0.39, 0.29) is 17.7 Å². The molecule has 1 aliphatic rings. The van der Waals surface area contributed by atoms with Gasteiger partial charge in [0.15, 0.2) is 0 Å². The van der Waals surface area contributed by atoms with Crippen molar-refractivity contribution in [1.29, 1.82) is 0 Å². The summed E-state index contributed by atoms with van der Waals surface area (Å²) >= 11 is 12.2. The molecule has 0 bridgehead atoms. The summed E-state index contributed by atoms with van der Waals surface area (Å²) in [5.41, 5.74) is 9.15. The minimum absolute atomic E-state index is 0.0945. The Morgan fingerprint density at radius 1 is 0.943 bits per heavy atom. The highest BCUT2D eigenvalue weighted by atomic mass is 35.5. The molecule has 1 aliphatic heterocycles. The summed E-state index contributed by atoms with van der Waals surface area (Å²) in [6.07, 6.45) is 6.01. The van der Waals surface area contributed by atoms with Crippen molar-refractivity contribution >= 4 is 40.7 Å². The van der Waals surface area contributed by atoms with Crippen molar-refractivity contribution in [2.75, 3.05) is 18.0 Å². The van der Waals surface area contributed by atoms with Crippen molar-refractivity contribution in [2.45, 2.75) is 71.4 Å². The van der Waals surface area contributed by atoms with Crippen LogP contribution in [-0.2, 0) is 22.6 Å². The average molecular weight is 519 g/mol. The number of benzene rings is 2. The first-order valence-corrected chi connectivity index (χ1v) is 13.4. The molecular weight excluding hydrogens is 481 g/mol. The number of amides is 2. The lowest BCUT2D eigenvalue weighted by atomic mass is 10.0. The van der Waals surface area contributed by atoms with Gasteiger partial charge in [-0.3, -0.25) is 9.59 Å². The maximum absolute atomic E-state index is 13.5. The number of fused-ring (bicyclic) bond motifs is 1. The number of halogens is 2. The van der Waals surface area contributed by atoms with Crippen LogP contribution < -0.4 is 10.6 Å². The van der Waals surface area contributed by atoms with Gasteiger partial charge in [-0.1, -0.05) is 80.6 Å². The lowest BCUT2D eigenvalue weighted by molar-refractivity contribution is -0.133. The van der Waals surface area contributed by atoms with Crippen LogP contribution in [0.1, 0.15) is 63.5 Å². The zero-order valence-corrected chi connectivity index (χ0v) is 22.3. The van der Waals surface area contributed by atoms with Crippen LogP contribution in [0, 0.1) is 5.92 Å². The number of carbonyl (C=O) groups is 2. The molecule has 2 aromatic rings. The van der Waals surface area contributed by atoms with Gasteiger partial charge in [0.2, 0.25) is 11.8 Å². The van der Waals surface area contributed by atoms with E-state index in [0.29, 0.717) is 42.5 Å². The van der Waals surface area contributed by atoms with Gasteiger partial charge < -0.3 is 15.5 Å². The molecule has 190 valence electrons. The van der Waals surface area contributed by atoms with E-state index in [2.05, 4.69) is 13.8 Å². The van der Waals surface area contributed by atoms with Gasteiger partial charge >= 0.3 is 0 Å². The minimum Gasteiger partial charge on any atom is -0.337 e. The highest BCUT2D eigenvalue weighted by Crippen LogP contribution is 2.27. The highest BCUT2D eigenvalue weighted by molar-refractivity contribution is 6.42. The zero-order chi connectivity index (χ0) is 25.4. The maximum Gasteiger partial charge on any atom is 0.240 e. The summed E-state index contributed by atoms with van der Waals surface area (Å²) < 4.78 is 0. The van der Waals surface area contributed by atoms with Gasteiger partial charge in [-0.15, -0.1) is 0 Å². The van der Waals surface area contributed by atoms with Crippen LogP contribution >= 0.6 is 23.2 Å². The number of hydrogen-bond acceptors (Lipinski definition) is 3. The Kier molecular flexibility index (Phi) is 10.4. The molecule has 0 saturated heterocycles. The fourth-order valence-corrected chi connectivity index (χ4v) is 4.89. The largest absolute Gasteiger partial charge is 0.337 e. The number of para-hydroxylation sites is 1. The molecule has 35 heavy (non-hydrogen) atoms. The molecule has 0 aromatic heterocycles. The molecule has 7 heteroatoms. The first-order valence-electron chi connectivity index (χ1n) is 12.6. The third kappa shape index (κ3) is 7.96. The van der Waals surface area contributed by atoms with Gasteiger partial charge in [-0.25, -0.2) is 0 Å². The quantitative estimate of drug-likeness (QED) is 0.510. The van der Waals surface area contributed by atoms with Crippen molar-refractivity contribution in [3.63, 3.8) is 0 Å². The summed E-state index contributed by atoms with van der Waals surface area (Å²) in [5, 5.41) is 0.932. The van der Waals surface area contributed by atoms with Crippen molar-refractivity contribution < 1.29 is 9.59 Å². The zero-order valence-electron chi connectivity index (χ0n) is 20.8. The third-order valence-corrected chi connectivity index (χ3v) is 7.14. The van der Waals surface area contributed by atoms with Gasteiger partial charge in [-0.2, -0.15) is 0 Å². The molecule has 0 aliphatic carbocycles. The molecule has 0 saturated carbocycles. The van der Waals surface area contributed by atoms with Crippen molar-refractivity contribution in [3.05, 3.63) is 63.6 Å². The van der Waals surface area contributed by atoms with Crippen LogP contribution in [0.3, 0.4) is 0 Å². The molecule has 5 nitrogen and oxygen atoms in total. The molecule has 1 atom stereocenters. The van der Waals surface area contributed by atoms with Crippen molar-refractivity contribution in [2.24, 2.45) is 11.7 Å². The molecule has 2 aromatic carbocycles. The monoisotopic (exact) mass is 517 g/mol. The van der Waals surface area contributed by atoms with Gasteiger partial charge in [0, 0.05) is 31.7 Å². The van der Waals surface area contributed by atoms with Crippen LogP contribution in [0.25, 0.3) is 0 Å². The smallest absolute Gasteiger partial charge is 0.240 e. The second-order valence-electron chi connectivity index (χ2n) is 9.86. The normalized spacial score (nSPS) is 16.3. The Morgan fingerprint density at radius 3 is 2.34 bits per heavy atom. The average Bonchev–Trinajstić information content (AvgIpc) is 2.81. The molecule has 3 rings (SSSR count). The Hall–Kier alpha value is -2.08. The lowest BCUT2D eigenvalue weighted by Gasteiger charge is -2.31. The number of hydrogen-bond donors (Lipinski definition) is 1. The van der Waals surface area contributed by atoms with Gasteiger partial charge in [0.1, 0.15) is 0 Å². The van der Waals surface area contributed by atoms with E-state index in [0.717, 1.165) is 48.9 Å². The highest BCUT2D eigenvalue weighted by Gasteiger charge is 2.25. The minimum atomic E-state index is -0.689. The topological polar surface area (TPSA) is 66.6 Å². The molecular formula is C28H37Cl2N3O2. The molecule has 0 radical (unpaired) electrons.